The first-order valence-electron chi connectivity index (χ1n) is 5.46. The van der Waals surface area contributed by atoms with Crippen molar-refractivity contribution in [3.8, 4) is 0 Å². The molecule has 0 spiro atoms. The molecule has 0 bridgehead atoms. The van der Waals surface area contributed by atoms with Gasteiger partial charge in [0.1, 0.15) is 5.82 Å². The zero-order valence-corrected chi connectivity index (χ0v) is 13.2. The Bertz CT molecular complexity index is 762. The fraction of sp³-hybridized carbons (Fsp3) is 0. The maximum atomic E-state index is 12.6. The monoisotopic (exact) mass is 362 g/mol. The predicted molar refractivity (Wildman–Crippen MR) is 83.7 cm³/mol. The Morgan fingerprint density at radius 3 is 2.38 bits per heavy atom. The molecule has 21 heavy (non-hydrogen) atoms. The van der Waals surface area contributed by atoms with E-state index in [2.05, 4.69) is 4.98 Å². The summed E-state index contributed by atoms with van der Waals surface area (Å²) < 4.78 is 0. The highest BCUT2D eigenvalue weighted by atomic mass is 35.5. The van der Waals surface area contributed by atoms with Crippen LogP contribution in [-0.2, 0) is 0 Å². The number of nitrogens with zero attached hydrogens (tertiary/aromatic N) is 1. The van der Waals surface area contributed by atoms with Crippen LogP contribution in [0.2, 0.25) is 15.1 Å². The molecule has 0 saturated carbocycles. The molecule has 108 valence electrons. The summed E-state index contributed by atoms with van der Waals surface area (Å²) in [5.41, 5.74) is 5.41. The highest BCUT2D eigenvalue weighted by Gasteiger charge is 2.23. The summed E-state index contributed by atoms with van der Waals surface area (Å²) in [6, 6.07) is 4.06. The fourth-order valence-corrected chi connectivity index (χ4v) is 2.63. The third-order valence-electron chi connectivity index (χ3n) is 2.66. The van der Waals surface area contributed by atoms with Crippen molar-refractivity contribution in [1.82, 2.24) is 4.98 Å². The third-order valence-corrected chi connectivity index (χ3v) is 3.87. The molecular weight excluding hydrogens is 358 g/mol. The van der Waals surface area contributed by atoms with Crippen LogP contribution in [0.25, 0.3) is 0 Å². The Labute approximate surface area is 139 Å². The highest BCUT2D eigenvalue weighted by molar-refractivity contribution is 6.68. The number of halogens is 4. The van der Waals surface area contributed by atoms with Crippen molar-refractivity contribution in [3.05, 3.63) is 56.2 Å². The molecule has 0 saturated heterocycles. The van der Waals surface area contributed by atoms with Crippen molar-refractivity contribution in [2.75, 3.05) is 5.73 Å². The smallest absolute Gasteiger partial charge is 0.256 e. The second kappa shape index (κ2) is 6.20. The number of carbonyl (C=O) groups is 2. The van der Waals surface area contributed by atoms with E-state index >= 15 is 0 Å². The summed E-state index contributed by atoms with van der Waals surface area (Å²) in [6.07, 6.45) is 1.28. The van der Waals surface area contributed by atoms with Crippen LogP contribution in [0.15, 0.2) is 24.4 Å². The van der Waals surface area contributed by atoms with Gasteiger partial charge in [-0.1, -0.05) is 34.8 Å². The quantitative estimate of drug-likeness (QED) is 0.503. The molecule has 0 radical (unpaired) electrons. The summed E-state index contributed by atoms with van der Waals surface area (Å²) in [5, 5.41) is -0.524. The molecular formula is C13H6Cl4N2O2. The summed E-state index contributed by atoms with van der Waals surface area (Å²) >= 11 is 23.2. The molecule has 2 N–H and O–H groups in total. The third kappa shape index (κ3) is 3.14. The van der Waals surface area contributed by atoms with Gasteiger partial charge in [0.25, 0.3) is 5.24 Å². The average Bonchev–Trinajstić information content (AvgIpc) is 2.41. The zero-order chi connectivity index (χ0) is 15.7. The minimum Gasteiger partial charge on any atom is -0.383 e. The van der Waals surface area contributed by atoms with Crippen LogP contribution in [0.4, 0.5) is 5.82 Å². The van der Waals surface area contributed by atoms with E-state index in [-0.39, 0.29) is 37.6 Å². The zero-order valence-electron chi connectivity index (χ0n) is 10.2. The van der Waals surface area contributed by atoms with Crippen LogP contribution in [0, 0.1) is 0 Å². The molecule has 0 aliphatic rings. The molecule has 1 aromatic heterocycles. The van der Waals surface area contributed by atoms with E-state index < -0.39 is 11.0 Å². The molecule has 0 aliphatic heterocycles. The van der Waals surface area contributed by atoms with Gasteiger partial charge in [-0.2, -0.15) is 0 Å². The van der Waals surface area contributed by atoms with Gasteiger partial charge in [-0.25, -0.2) is 4.98 Å². The Kier molecular flexibility index (Phi) is 4.74. The van der Waals surface area contributed by atoms with Gasteiger partial charge >= 0.3 is 0 Å². The van der Waals surface area contributed by atoms with Gasteiger partial charge in [-0.15, -0.1) is 0 Å². The largest absolute Gasteiger partial charge is 0.383 e. The van der Waals surface area contributed by atoms with Crippen molar-refractivity contribution < 1.29 is 9.59 Å². The molecule has 2 aromatic rings. The van der Waals surface area contributed by atoms with Gasteiger partial charge < -0.3 is 5.73 Å². The maximum absolute atomic E-state index is 12.6. The minimum absolute atomic E-state index is 0.0226. The van der Waals surface area contributed by atoms with Crippen molar-refractivity contribution in [2.45, 2.75) is 0 Å². The molecule has 4 nitrogen and oxygen atoms in total. The number of aromatic nitrogens is 1. The van der Waals surface area contributed by atoms with Crippen LogP contribution < -0.4 is 5.73 Å². The molecule has 0 unspecified atom stereocenters. The molecule has 0 atom stereocenters. The summed E-state index contributed by atoms with van der Waals surface area (Å²) in [7, 11) is 0. The topological polar surface area (TPSA) is 73.0 Å². The first kappa shape index (κ1) is 16.0. The molecule has 0 aliphatic carbocycles. The van der Waals surface area contributed by atoms with E-state index in [1.807, 2.05) is 0 Å². The molecule has 2 rings (SSSR count). The van der Waals surface area contributed by atoms with Crippen LogP contribution in [0.3, 0.4) is 0 Å². The summed E-state index contributed by atoms with van der Waals surface area (Å²) in [6.45, 7) is 0. The van der Waals surface area contributed by atoms with Crippen LogP contribution in [0.5, 0.6) is 0 Å². The fourth-order valence-electron chi connectivity index (χ4n) is 1.74. The van der Waals surface area contributed by atoms with E-state index in [0.29, 0.717) is 0 Å². The number of hydrogen-bond acceptors (Lipinski definition) is 4. The lowest BCUT2D eigenvalue weighted by Crippen LogP contribution is -2.12. The van der Waals surface area contributed by atoms with Crippen LogP contribution in [0.1, 0.15) is 26.3 Å². The summed E-state index contributed by atoms with van der Waals surface area (Å²) in [5.74, 6) is -0.729. The normalized spacial score (nSPS) is 10.5. The highest BCUT2D eigenvalue weighted by Crippen LogP contribution is 2.32. The van der Waals surface area contributed by atoms with E-state index in [1.165, 1.54) is 24.4 Å². The SMILES string of the molecule is Nc1nccc(C(=O)c2cc(Cl)cc(Cl)c2Cl)c1C(=O)Cl. The summed E-state index contributed by atoms with van der Waals surface area (Å²) in [4.78, 5) is 27.7. The number of hydrogen-bond donors (Lipinski definition) is 1. The van der Waals surface area contributed by atoms with Crippen molar-refractivity contribution in [2.24, 2.45) is 0 Å². The van der Waals surface area contributed by atoms with Gasteiger partial charge in [0.15, 0.2) is 5.78 Å². The van der Waals surface area contributed by atoms with Crippen LogP contribution >= 0.6 is 46.4 Å². The van der Waals surface area contributed by atoms with Gasteiger partial charge in [0.2, 0.25) is 0 Å². The Balaban J connectivity index is 2.67. The average molecular weight is 364 g/mol. The number of ketones is 1. The molecule has 0 fully saturated rings. The van der Waals surface area contributed by atoms with Crippen molar-refractivity contribution in [1.29, 1.82) is 0 Å². The van der Waals surface area contributed by atoms with Gasteiger partial charge in [0.05, 0.1) is 15.6 Å². The first-order valence-corrected chi connectivity index (χ1v) is 6.97. The van der Waals surface area contributed by atoms with Gasteiger partial charge in [-0.3, -0.25) is 9.59 Å². The Morgan fingerprint density at radius 1 is 1.10 bits per heavy atom. The lowest BCUT2D eigenvalue weighted by molar-refractivity contribution is 0.102. The number of anilines is 1. The van der Waals surface area contributed by atoms with Gasteiger partial charge in [-0.05, 0) is 29.8 Å². The maximum Gasteiger partial charge on any atom is 0.256 e. The van der Waals surface area contributed by atoms with Crippen LogP contribution in [-0.4, -0.2) is 16.0 Å². The second-order valence-electron chi connectivity index (χ2n) is 3.97. The van der Waals surface area contributed by atoms with Crippen molar-refractivity contribution in [3.63, 3.8) is 0 Å². The van der Waals surface area contributed by atoms with E-state index in [4.69, 9.17) is 52.1 Å². The van der Waals surface area contributed by atoms with E-state index in [9.17, 15) is 9.59 Å². The lowest BCUT2D eigenvalue weighted by Gasteiger charge is -2.09. The predicted octanol–water partition coefficient (Wildman–Crippen LogP) is 4.23. The number of rotatable bonds is 3. The Hall–Kier alpha value is -1.33. The van der Waals surface area contributed by atoms with E-state index in [1.54, 1.807) is 0 Å². The lowest BCUT2D eigenvalue weighted by atomic mass is 10.00. The molecule has 8 heteroatoms. The number of benzene rings is 1. The van der Waals surface area contributed by atoms with E-state index in [0.717, 1.165) is 0 Å². The number of pyridine rings is 1. The molecule has 1 heterocycles. The van der Waals surface area contributed by atoms with Gasteiger partial charge in [0, 0.05) is 22.3 Å². The minimum atomic E-state index is -0.895. The number of nitrogen functional groups attached to an aromatic ring is 1. The first-order chi connectivity index (χ1) is 9.82. The molecule has 1 aromatic carbocycles. The number of carbonyl (C=O) groups excluding carboxylic acids is 2. The Morgan fingerprint density at radius 2 is 1.76 bits per heavy atom. The van der Waals surface area contributed by atoms with Crippen molar-refractivity contribution >= 4 is 63.2 Å². The molecule has 0 amide bonds. The second-order valence-corrected chi connectivity index (χ2v) is 5.54. The number of nitrogens with two attached hydrogens (primary N) is 1. The standard InChI is InChI=1S/C13H6Cl4N2O2/c14-5-3-7(10(16)8(15)4-5)11(20)6-1-2-19-13(18)9(6)12(17)21/h1-4H,(H2,18,19).